The second kappa shape index (κ2) is 6.52. The summed E-state index contributed by atoms with van der Waals surface area (Å²) in [5.41, 5.74) is -0.467. The van der Waals surface area contributed by atoms with E-state index in [0.29, 0.717) is 0 Å². The molecule has 0 aromatic heterocycles. The third-order valence-electron chi connectivity index (χ3n) is 3.20. The van der Waals surface area contributed by atoms with E-state index in [0.717, 1.165) is 24.3 Å². The summed E-state index contributed by atoms with van der Waals surface area (Å²) < 4.78 is 67.4. The summed E-state index contributed by atoms with van der Waals surface area (Å²) in [7, 11) is -4.78. The normalized spacial score (nSPS) is 11.8. The van der Waals surface area contributed by atoms with Crippen LogP contribution in [0, 0.1) is 6.58 Å². The number of halogens is 3. The Hall–Kier alpha value is -2.54. The Morgan fingerprint density at radius 1 is 1.08 bits per heavy atom. The van der Waals surface area contributed by atoms with Crippen LogP contribution in [0.5, 0.6) is 0 Å². The van der Waals surface area contributed by atoms with Crippen molar-refractivity contribution >= 4 is 21.8 Å². The van der Waals surface area contributed by atoms with Gasteiger partial charge in [0, 0.05) is 0 Å². The lowest BCUT2D eigenvalue weighted by atomic mass is 10.1. The summed E-state index contributed by atoms with van der Waals surface area (Å²) in [6.07, 6.45) is 0.958. The Kier molecular flexibility index (Phi) is 4.84. The van der Waals surface area contributed by atoms with Gasteiger partial charge in [0.25, 0.3) is 10.0 Å². The highest BCUT2D eigenvalue weighted by atomic mass is 32.2. The van der Waals surface area contributed by atoms with Crippen molar-refractivity contribution in [3.63, 3.8) is 0 Å². The highest BCUT2D eigenvalue weighted by Gasteiger charge is 2.49. The molecule has 0 fully saturated rings. The van der Waals surface area contributed by atoms with E-state index in [-0.39, 0.29) is 9.87 Å². The molecule has 0 unspecified atom stereocenters. The van der Waals surface area contributed by atoms with Crippen molar-refractivity contribution in [2.75, 3.05) is 4.31 Å². The third kappa shape index (κ3) is 3.07. The molecule has 125 valence electrons. The fourth-order valence-electron chi connectivity index (χ4n) is 2.05. The van der Waals surface area contributed by atoms with Crippen LogP contribution < -0.4 is 4.31 Å². The lowest BCUT2D eigenvalue weighted by molar-refractivity contribution is 0.0319. The molecule has 1 radical (unpaired) electrons. The molecule has 0 atom stereocenters. The predicted molar refractivity (Wildman–Crippen MR) is 86.5 cm³/mol. The number of benzene rings is 2. The van der Waals surface area contributed by atoms with Gasteiger partial charge in [-0.2, -0.15) is 13.1 Å². The van der Waals surface area contributed by atoms with E-state index in [9.17, 15) is 21.6 Å². The zero-order valence-electron chi connectivity index (χ0n) is 12.4. The van der Waals surface area contributed by atoms with Crippen molar-refractivity contribution in [1.82, 2.24) is 0 Å². The summed E-state index contributed by atoms with van der Waals surface area (Å²) in [5.74, 6) is -2.10. The number of hydrogen-bond donors (Lipinski definition) is 0. The predicted octanol–water partition coefficient (Wildman–Crippen LogP) is 4.40. The summed E-state index contributed by atoms with van der Waals surface area (Å²) in [4.78, 5) is -0.419. The number of anilines is 1. The van der Waals surface area contributed by atoms with E-state index < -0.39 is 32.5 Å². The van der Waals surface area contributed by atoms with Crippen LogP contribution in [0.25, 0.3) is 6.08 Å². The average Bonchev–Trinajstić information content (AvgIpc) is 2.55. The van der Waals surface area contributed by atoms with Gasteiger partial charge in [-0.15, -0.1) is 0 Å². The third-order valence-corrected chi connectivity index (χ3v) is 4.97. The first-order valence-electron chi connectivity index (χ1n) is 6.70. The van der Waals surface area contributed by atoms with Crippen molar-refractivity contribution in [2.45, 2.75) is 10.9 Å². The van der Waals surface area contributed by atoms with Crippen LogP contribution in [0.2, 0.25) is 0 Å². The highest BCUT2D eigenvalue weighted by molar-refractivity contribution is 7.93. The van der Waals surface area contributed by atoms with Gasteiger partial charge in [-0.3, -0.25) is 0 Å². The van der Waals surface area contributed by atoms with Crippen LogP contribution in [-0.4, -0.2) is 14.5 Å². The first-order valence-corrected chi connectivity index (χ1v) is 8.14. The molecule has 0 N–H and O–H groups in total. The Morgan fingerprint density at radius 2 is 1.62 bits per heavy atom. The number of sulfonamides is 1. The monoisotopic (exact) mass is 352 g/mol. The zero-order valence-corrected chi connectivity index (χ0v) is 13.2. The minimum atomic E-state index is -4.78. The molecule has 0 aliphatic rings. The van der Waals surface area contributed by atoms with Crippen LogP contribution in [0.3, 0.4) is 0 Å². The molecule has 0 aliphatic carbocycles. The number of hydrogen-bond acceptors (Lipinski definition) is 2. The Labute approximate surface area is 138 Å². The molecule has 0 amide bonds. The van der Waals surface area contributed by atoms with Gasteiger partial charge in [0.05, 0.1) is 10.6 Å². The second-order valence-electron chi connectivity index (χ2n) is 4.75. The maximum atomic E-state index is 14.4. The number of rotatable bonds is 6. The Morgan fingerprint density at radius 3 is 2.17 bits per heavy atom. The van der Waals surface area contributed by atoms with Gasteiger partial charge in [-0.05, 0) is 23.8 Å². The number of nitrogens with zero attached hydrogens (tertiary/aromatic N) is 1. The molecule has 2 aromatic carbocycles. The average molecular weight is 352 g/mol. The molecular formula is C17H13F3NO2S. The van der Waals surface area contributed by atoms with Crippen LogP contribution in [-0.2, 0) is 10.0 Å². The molecule has 2 aromatic rings. The first kappa shape index (κ1) is 17.8. The Bertz CT molecular complexity index is 864. The quantitative estimate of drug-likeness (QED) is 0.723. The van der Waals surface area contributed by atoms with Gasteiger partial charge >= 0.3 is 6.05 Å². The van der Waals surface area contributed by atoms with Crippen molar-refractivity contribution in [3.8, 4) is 0 Å². The molecule has 0 saturated heterocycles. The molecule has 24 heavy (non-hydrogen) atoms. The standard InChI is InChI=1S/C17H13F3NO2S/c1-3-14-9-7-8-12-16(14)21(17(19,20)13(2)18)24(22,23)15-10-5-4-6-11-15/h1,3-12H,2H2. The Balaban J connectivity index is 2.79. The van der Waals surface area contributed by atoms with Gasteiger partial charge in [0.1, 0.15) is 0 Å². The van der Waals surface area contributed by atoms with Gasteiger partial charge < -0.3 is 0 Å². The molecule has 3 nitrogen and oxygen atoms in total. The number of para-hydroxylation sites is 1. The minimum absolute atomic E-state index is 0.00192. The number of alkyl halides is 2. The maximum Gasteiger partial charge on any atom is 0.390 e. The molecular weight excluding hydrogens is 339 g/mol. The van der Waals surface area contributed by atoms with Crippen LogP contribution in [0.4, 0.5) is 18.9 Å². The van der Waals surface area contributed by atoms with Crippen molar-refractivity contribution in [2.24, 2.45) is 0 Å². The fraction of sp³-hybridized carbons (Fsp3) is 0.0588. The molecule has 0 heterocycles. The van der Waals surface area contributed by atoms with E-state index in [1.54, 1.807) is 0 Å². The zero-order chi connectivity index (χ0) is 18.0. The summed E-state index contributed by atoms with van der Waals surface area (Å²) in [5, 5.41) is 0. The van der Waals surface area contributed by atoms with Gasteiger partial charge in [0.15, 0.2) is 5.83 Å². The summed E-state index contributed by atoms with van der Waals surface area (Å²) in [6, 6.07) is 7.30. The van der Waals surface area contributed by atoms with E-state index in [2.05, 4.69) is 6.58 Å². The maximum absolute atomic E-state index is 14.4. The lowest BCUT2D eigenvalue weighted by Crippen LogP contribution is -2.46. The van der Waals surface area contributed by atoms with Crippen LogP contribution in [0.15, 0.2) is 71.9 Å². The van der Waals surface area contributed by atoms with E-state index in [4.69, 9.17) is 6.58 Å². The highest BCUT2D eigenvalue weighted by Crippen LogP contribution is 2.39. The SMILES string of the molecule is [CH]=Cc1ccccc1N(C(F)(F)C(=C)F)S(=O)(=O)c1ccccc1. The van der Waals surface area contributed by atoms with Crippen molar-refractivity contribution < 1.29 is 21.6 Å². The van der Waals surface area contributed by atoms with E-state index in [1.165, 1.54) is 36.4 Å². The minimum Gasteiger partial charge on any atom is -0.203 e. The van der Waals surface area contributed by atoms with Crippen LogP contribution >= 0.6 is 0 Å². The molecule has 7 heteroatoms. The topological polar surface area (TPSA) is 37.4 Å². The van der Waals surface area contributed by atoms with E-state index in [1.807, 2.05) is 0 Å². The molecule has 0 bridgehead atoms. The largest absolute Gasteiger partial charge is 0.390 e. The van der Waals surface area contributed by atoms with E-state index >= 15 is 0 Å². The smallest absolute Gasteiger partial charge is 0.203 e. The molecule has 2 rings (SSSR count). The lowest BCUT2D eigenvalue weighted by Gasteiger charge is -2.31. The molecule has 0 saturated carbocycles. The molecule has 0 spiro atoms. The molecule has 0 aliphatic heterocycles. The first-order chi connectivity index (χ1) is 11.2. The van der Waals surface area contributed by atoms with Gasteiger partial charge in [-0.1, -0.05) is 55.6 Å². The van der Waals surface area contributed by atoms with Gasteiger partial charge in [-0.25, -0.2) is 12.8 Å². The summed E-state index contributed by atoms with van der Waals surface area (Å²) in [6.45, 7) is 7.95. The van der Waals surface area contributed by atoms with Crippen molar-refractivity contribution in [1.29, 1.82) is 0 Å². The fourth-order valence-corrected chi connectivity index (χ4v) is 3.59. The van der Waals surface area contributed by atoms with Gasteiger partial charge in [0.2, 0.25) is 0 Å². The van der Waals surface area contributed by atoms with Crippen molar-refractivity contribution in [3.05, 3.63) is 79.1 Å². The summed E-state index contributed by atoms with van der Waals surface area (Å²) >= 11 is 0. The van der Waals surface area contributed by atoms with Crippen LogP contribution in [0.1, 0.15) is 5.56 Å². The second-order valence-corrected chi connectivity index (χ2v) is 6.54.